The third-order valence-electron chi connectivity index (χ3n) is 3.85. The van der Waals surface area contributed by atoms with E-state index in [0.29, 0.717) is 11.4 Å². The molecule has 1 fully saturated rings. The topological polar surface area (TPSA) is 70.0 Å². The molecular weight excluding hydrogens is 272 g/mol. The van der Waals surface area contributed by atoms with Crippen LogP contribution in [0.4, 0.5) is 0 Å². The molecule has 2 rings (SSSR count). The van der Waals surface area contributed by atoms with Gasteiger partial charge in [0.25, 0.3) is 0 Å². The van der Waals surface area contributed by atoms with Crippen LogP contribution in [0.5, 0.6) is 0 Å². The summed E-state index contributed by atoms with van der Waals surface area (Å²) in [4.78, 5) is 0.341. The zero-order valence-corrected chi connectivity index (χ0v) is 12.5. The molecule has 2 unspecified atom stereocenters. The second kappa shape index (κ2) is 6.38. The number of nitrogens with one attached hydrogen (secondary N) is 1. The summed E-state index contributed by atoms with van der Waals surface area (Å²) in [6.45, 7) is 0.674. The Morgan fingerprint density at radius 3 is 2.50 bits per heavy atom. The highest BCUT2D eigenvalue weighted by atomic mass is 32.2. The number of hydrogen-bond donors (Lipinski definition) is 1. The highest BCUT2D eigenvalue weighted by molar-refractivity contribution is 7.90. The Morgan fingerprint density at radius 2 is 1.90 bits per heavy atom. The number of rotatable bonds is 4. The monoisotopic (exact) mass is 292 g/mol. The van der Waals surface area contributed by atoms with E-state index in [1.54, 1.807) is 12.1 Å². The van der Waals surface area contributed by atoms with Crippen LogP contribution in [-0.2, 0) is 16.4 Å². The van der Waals surface area contributed by atoms with Gasteiger partial charge in [0.1, 0.15) is 0 Å². The molecule has 0 amide bonds. The van der Waals surface area contributed by atoms with Crippen molar-refractivity contribution in [3.05, 3.63) is 29.8 Å². The first kappa shape index (κ1) is 15.0. The van der Waals surface area contributed by atoms with Crippen molar-refractivity contribution in [1.29, 1.82) is 5.26 Å². The predicted octanol–water partition coefficient (Wildman–Crippen LogP) is 2.26. The SMILES string of the molecule is CS(=O)(=O)c1ccc(CNC2CCCCC2C#N)cc1. The first-order chi connectivity index (χ1) is 9.50. The van der Waals surface area contributed by atoms with Crippen molar-refractivity contribution in [1.82, 2.24) is 5.32 Å². The van der Waals surface area contributed by atoms with Gasteiger partial charge in [-0.25, -0.2) is 8.42 Å². The molecule has 1 aliphatic carbocycles. The summed E-state index contributed by atoms with van der Waals surface area (Å²) in [6, 6.07) is 9.55. The van der Waals surface area contributed by atoms with Crippen LogP contribution in [0.1, 0.15) is 31.2 Å². The van der Waals surface area contributed by atoms with E-state index in [0.717, 1.165) is 24.8 Å². The van der Waals surface area contributed by atoms with Crippen molar-refractivity contribution in [2.75, 3.05) is 6.26 Å². The first-order valence-electron chi connectivity index (χ1n) is 6.92. The van der Waals surface area contributed by atoms with Crippen LogP contribution in [0.25, 0.3) is 0 Å². The van der Waals surface area contributed by atoms with E-state index >= 15 is 0 Å². The van der Waals surface area contributed by atoms with Crippen LogP contribution in [0.3, 0.4) is 0 Å². The lowest BCUT2D eigenvalue weighted by Gasteiger charge is -2.27. The Hall–Kier alpha value is -1.38. The number of sulfone groups is 1. The summed E-state index contributed by atoms with van der Waals surface area (Å²) in [6.07, 6.45) is 5.53. The molecule has 1 N–H and O–H groups in total. The molecule has 1 aromatic rings. The Morgan fingerprint density at radius 1 is 1.25 bits per heavy atom. The van der Waals surface area contributed by atoms with Gasteiger partial charge < -0.3 is 5.32 Å². The standard InChI is InChI=1S/C15H20N2O2S/c1-20(18,19)14-8-6-12(7-9-14)11-17-15-5-3-2-4-13(15)10-16/h6-9,13,15,17H,2-5,11H2,1H3. The van der Waals surface area contributed by atoms with E-state index in [4.69, 9.17) is 5.26 Å². The molecule has 5 heteroatoms. The summed E-state index contributed by atoms with van der Waals surface area (Å²) in [5.74, 6) is 0.0963. The molecule has 108 valence electrons. The summed E-state index contributed by atoms with van der Waals surface area (Å²) in [7, 11) is -3.13. The van der Waals surface area contributed by atoms with E-state index < -0.39 is 9.84 Å². The lowest BCUT2D eigenvalue weighted by molar-refractivity contribution is 0.311. The van der Waals surface area contributed by atoms with Crippen LogP contribution in [0.2, 0.25) is 0 Å². The fourth-order valence-corrected chi connectivity index (χ4v) is 3.26. The van der Waals surface area contributed by atoms with E-state index in [-0.39, 0.29) is 12.0 Å². The highest BCUT2D eigenvalue weighted by Gasteiger charge is 2.24. The number of nitriles is 1. The molecule has 0 heterocycles. The van der Waals surface area contributed by atoms with Gasteiger partial charge in [0.05, 0.1) is 16.9 Å². The van der Waals surface area contributed by atoms with Gasteiger partial charge in [0, 0.05) is 18.8 Å². The van der Waals surface area contributed by atoms with E-state index in [1.165, 1.54) is 12.7 Å². The molecule has 4 nitrogen and oxygen atoms in total. The van der Waals surface area contributed by atoms with Gasteiger partial charge in [-0.2, -0.15) is 5.26 Å². The maximum absolute atomic E-state index is 11.4. The lowest BCUT2D eigenvalue weighted by Crippen LogP contribution is -2.37. The average molecular weight is 292 g/mol. The average Bonchev–Trinajstić information content (AvgIpc) is 2.45. The Labute approximate surface area is 120 Å². The van der Waals surface area contributed by atoms with Gasteiger partial charge in [0.15, 0.2) is 9.84 Å². The van der Waals surface area contributed by atoms with Gasteiger partial charge in [-0.05, 0) is 30.5 Å². The summed E-state index contributed by atoms with van der Waals surface area (Å²) in [5, 5.41) is 12.6. The third kappa shape index (κ3) is 3.81. The largest absolute Gasteiger partial charge is 0.309 e. The molecule has 1 aliphatic rings. The van der Waals surface area contributed by atoms with Crippen molar-refractivity contribution in [2.45, 2.75) is 43.2 Å². The van der Waals surface area contributed by atoms with Crippen LogP contribution >= 0.6 is 0 Å². The second-order valence-electron chi connectivity index (χ2n) is 5.42. The fourth-order valence-electron chi connectivity index (χ4n) is 2.63. The van der Waals surface area contributed by atoms with Gasteiger partial charge >= 0.3 is 0 Å². The molecule has 20 heavy (non-hydrogen) atoms. The molecule has 0 aromatic heterocycles. The number of benzene rings is 1. The minimum atomic E-state index is -3.13. The molecule has 1 aromatic carbocycles. The van der Waals surface area contributed by atoms with Crippen molar-refractivity contribution < 1.29 is 8.42 Å². The van der Waals surface area contributed by atoms with Gasteiger partial charge in [-0.1, -0.05) is 25.0 Å². The van der Waals surface area contributed by atoms with Crippen LogP contribution in [0.15, 0.2) is 29.2 Å². The molecule has 2 atom stereocenters. The molecular formula is C15H20N2O2S. The smallest absolute Gasteiger partial charge is 0.175 e. The quantitative estimate of drug-likeness (QED) is 0.924. The number of nitrogens with zero attached hydrogens (tertiary/aromatic N) is 1. The Bertz CT molecular complexity index is 587. The minimum Gasteiger partial charge on any atom is -0.309 e. The van der Waals surface area contributed by atoms with Crippen LogP contribution in [-0.4, -0.2) is 20.7 Å². The number of hydrogen-bond acceptors (Lipinski definition) is 4. The van der Waals surface area contributed by atoms with Gasteiger partial charge in [-0.3, -0.25) is 0 Å². The highest BCUT2D eigenvalue weighted by Crippen LogP contribution is 2.24. The zero-order chi connectivity index (χ0) is 14.6. The van der Waals surface area contributed by atoms with Gasteiger partial charge in [0.2, 0.25) is 0 Å². The Kier molecular flexibility index (Phi) is 4.79. The normalized spacial score (nSPS) is 23.2. The summed E-state index contributed by atoms with van der Waals surface area (Å²) < 4.78 is 22.8. The molecule has 0 aliphatic heterocycles. The summed E-state index contributed by atoms with van der Waals surface area (Å²) >= 11 is 0. The van der Waals surface area contributed by atoms with E-state index in [1.807, 2.05) is 12.1 Å². The third-order valence-corrected chi connectivity index (χ3v) is 4.98. The molecule has 0 saturated heterocycles. The van der Waals surface area contributed by atoms with Crippen molar-refractivity contribution in [3.63, 3.8) is 0 Å². The first-order valence-corrected chi connectivity index (χ1v) is 8.82. The molecule has 1 saturated carbocycles. The van der Waals surface area contributed by atoms with Crippen LogP contribution < -0.4 is 5.32 Å². The molecule has 0 spiro atoms. The molecule has 0 bridgehead atoms. The summed E-state index contributed by atoms with van der Waals surface area (Å²) in [5.41, 5.74) is 1.04. The van der Waals surface area contributed by atoms with E-state index in [2.05, 4.69) is 11.4 Å². The van der Waals surface area contributed by atoms with Crippen molar-refractivity contribution >= 4 is 9.84 Å². The fraction of sp³-hybridized carbons (Fsp3) is 0.533. The minimum absolute atomic E-state index is 0.0963. The van der Waals surface area contributed by atoms with Crippen LogP contribution in [0, 0.1) is 17.2 Å². The Balaban J connectivity index is 1.96. The lowest BCUT2D eigenvalue weighted by atomic mass is 9.85. The maximum Gasteiger partial charge on any atom is 0.175 e. The predicted molar refractivity (Wildman–Crippen MR) is 77.8 cm³/mol. The van der Waals surface area contributed by atoms with Crippen molar-refractivity contribution in [2.24, 2.45) is 5.92 Å². The maximum atomic E-state index is 11.4. The van der Waals surface area contributed by atoms with Crippen molar-refractivity contribution in [3.8, 4) is 6.07 Å². The van der Waals surface area contributed by atoms with Gasteiger partial charge in [-0.15, -0.1) is 0 Å². The van der Waals surface area contributed by atoms with E-state index in [9.17, 15) is 8.42 Å². The molecule has 0 radical (unpaired) electrons. The zero-order valence-electron chi connectivity index (χ0n) is 11.7. The second-order valence-corrected chi connectivity index (χ2v) is 7.44.